The van der Waals surface area contributed by atoms with Gasteiger partial charge in [-0.25, -0.2) is 12.8 Å². The lowest BCUT2D eigenvalue weighted by atomic mass is 9.67. The van der Waals surface area contributed by atoms with Crippen molar-refractivity contribution < 1.29 is 22.7 Å². The number of hydrogen-bond acceptors (Lipinski definition) is 4. The first kappa shape index (κ1) is 19.4. The van der Waals surface area contributed by atoms with Crippen LogP contribution in [0.15, 0.2) is 53.4 Å². The van der Waals surface area contributed by atoms with Crippen LogP contribution >= 0.6 is 0 Å². The van der Waals surface area contributed by atoms with Gasteiger partial charge < -0.3 is 9.84 Å². The molecule has 2 aromatic carbocycles. The number of benzene rings is 2. The van der Waals surface area contributed by atoms with Crippen molar-refractivity contribution in [2.24, 2.45) is 11.8 Å². The molecule has 1 aliphatic heterocycles. The van der Waals surface area contributed by atoms with Gasteiger partial charge in [0.15, 0.2) is 0 Å². The average molecular weight is 405 g/mol. The Labute approximate surface area is 164 Å². The van der Waals surface area contributed by atoms with Crippen molar-refractivity contribution in [3.8, 4) is 5.75 Å². The first-order valence-electron chi connectivity index (χ1n) is 9.48. The van der Waals surface area contributed by atoms with Crippen LogP contribution in [-0.2, 0) is 15.6 Å². The zero-order chi connectivity index (χ0) is 19.9. The Morgan fingerprint density at radius 1 is 1.18 bits per heavy atom. The minimum Gasteiger partial charge on any atom is -0.497 e. The summed E-state index contributed by atoms with van der Waals surface area (Å²) in [5, 5.41) is 11.6. The van der Waals surface area contributed by atoms with E-state index in [-0.39, 0.29) is 23.3 Å². The van der Waals surface area contributed by atoms with Crippen molar-refractivity contribution in [1.29, 1.82) is 0 Å². The molecular formula is C21H24FNO4S. The molecule has 0 bridgehead atoms. The number of aliphatic hydroxyl groups is 1. The van der Waals surface area contributed by atoms with E-state index < -0.39 is 21.4 Å². The zero-order valence-corrected chi connectivity index (χ0v) is 16.5. The highest BCUT2D eigenvalue weighted by Gasteiger charge is 2.52. The molecule has 1 aliphatic carbocycles. The number of ether oxygens (including phenoxy) is 1. The molecule has 3 atom stereocenters. The predicted octanol–water partition coefficient (Wildman–Crippen LogP) is 3.14. The molecule has 0 radical (unpaired) electrons. The molecule has 28 heavy (non-hydrogen) atoms. The molecular weight excluding hydrogens is 381 g/mol. The van der Waals surface area contributed by atoms with E-state index in [1.807, 2.05) is 24.3 Å². The number of methoxy groups -OCH3 is 1. The van der Waals surface area contributed by atoms with Crippen LogP contribution < -0.4 is 4.74 Å². The average Bonchev–Trinajstić information content (AvgIpc) is 3.15. The monoisotopic (exact) mass is 405 g/mol. The van der Waals surface area contributed by atoms with Crippen LogP contribution in [0.5, 0.6) is 5.75 Å². The second kappa shape index (κ2) is 7.13. The third-order valence-electron chi connectivity index (χ3n) is 6.18. The van der Waals surface area contributed by atoms with E-state index in [2.05, 4.69) is 0 Å². The maximum atomic E-state index is 14.1. The van der Waals surface area contributed by atoms with E-state index in [1.54, 1.807) is 7.11 Å². The summed E-state index contributed by atoms with van der Waals surface area (Å²) in [7, 11) is -2.38. The lowest BCUT2D eigenvalue weighted by Crippen LogP contribution is -2.43. The molecule has 2 fully saturated rings. The standard InChI is InChI=1S/C21H24FNO4S/c1-27-17-8-4-7-16(12-17)21(24)11-5-6-15-13-23(14-18(15)21)28(25,26)20-10-3-2-9-19(20)22/h2-4,7-10,12,15,18,24H,5-6,11,13-14H2,1H3/t15-,18+,21-/m1/s1. The van der Waals surface area contributed by atoms with Crippen LogP contribution in [-0.4, -0.2) is 38.0 Å². The van der Waals surface area contributed by atoms with Crippen molar-refractivity contribution >= 4 is 10.0 Å². The second-order valence-corrected chi connectivity index (χ2v) is 9.57. The number of hydrogen-bond donors (Lipinski definition) is 1. The van der Waals surface area contributed by atoms with Gasteiger partial charge in [-0.05, 0) is 55.0 Å². The van der Waals surface area contributed by atoms with Crippen LogP contribution in [0.1, 0.15) is 24.8 Å². The van der Waals surface area contributed by atoms with E-state index in [0.29, 0.717) is 18.7 Å². The fourth-order valence-electron chi connectivity index (χ4n) is 4.72. The molecule has 150 valence electrons. The van der Waals surface area contributed by atoms with Crippen LogP contribution in [0.4, 0.5) is 4.39 Å². The molecule has 2 aliphatic rings. The third kappa shape index (κ3) is 3.11. The maximum Gasteiger partial charge on any atom is 0.246 e. The van der Waals surface area contributed by atoms with Crippen LogP contribution in [0.3, 0.4) is 0 Å². The molecule has 1 N–H and O–H groups in total. The minimum absolute atomic E-state index is 0.0338. The van der Waals surface area contributed by atoms with Gasteiger partial charge in [-0.15, -0.1) is 0 Å². The van der Waals surface area contributed by atoms with Gasteiger partial charge in [-0.3, -0.25) is 0 Å². The van der Waals surface area contributed by atoms with E-state index >= 15 is 0 Å². The molecule has 5 nitrogen and oxygen atoms in total. The minimum atomic E-state index is -3.95. The molecule has 0 unspecified atom stereocenters. The van der Waals surface area contributed by atoms with Crippen molar-refractivity contribution in [2.75, 3.05) is 20.2 Å². The van der Waals surface area contributed by atoms with Gasteiger partial charge in [-0.2, -0.15) is 4.31 Å². The third-order valence-corrected chi connectivity index (χ3v) is 8.04. The predicted molar refractivity (Wildman–Crippen MR) is 103 cm³/mol. The Morgan fingerprint density at radius 2 is 1.96 bits per heavy atom. The van der Waals surface area contributed by atoms with Gasteiger partial charge >= 0.3 is 0 Å². The van der Waals surface area contributed by atoms with Crippen LogP contribution in [0, 0.1) is 17.7 Å². The van der Waals surface area contributed by atoms with Gasteiger partial charge in [0.05, 0.1) is 12.7 Å². The topological polar surface area (TPSA) is 66.8 Å². The number of halogens is 1. The van der Waals surface area contributed by atoms with Crippen molar-refractivity contribution in [2.45, 2.75) is 29.8 Å². The SMILES string of the molecule is COc1cccc([C@]2(O)CCC[C@@H]3CN(S(=O)(=O)c4ccccc4F)C[C@@H]32)c1. The Kier molecular flexibility index (Phi) is 4.93. The lowest BCUT2D eigenvalue weighted by molar-refractivity contribution is -0.0641. The largest absolute Gasteiger partial charge is 0.497 e. The number of rotatable bonds is 4. The van der Waals surface area contributed by atoms with Crippen molar-refractivity contribution in [3.63, 3.8) is 0 Å². The van der Waals surface area contributed by atoms with Gasteiger partial charge in [0.1, 0.15) is 16.5 Å². The highest BCUT2D eigenvalue weighted by molar-refractivity contribution is 7.89. The van der Waals surface area contributed by atoms with E-state index in [0.717, 1.165) is 24.5 Å². The van der Waals surface area contributed by atoms with E-state index in [4.69, 9.17) is 4.74 Å². The summed E-state index contributed by atoms with van der Waals surface area (Å²) in [6.07, 6.45) is 2.22. The van der Waals surface area contributed by atoms with Gasteiger partial charge in [0.25, 0.3) is 0 Å². The molecule has 1 saturated heterocycles. The number of sulfonamides is 1. The Balaban J connectivity index is 1.67. The van der Waals surface area contributed by atoms with Crippen molar-refractivity contribution in [1.82, 2.24) is 4.31 Å². The Morgan fingerprint density at radius 3 is 2.71 bits per heavy atom. The maximum absolute atomic E-state index is 14.1. The van der Waals surface area contributed by atoms with Crippen LogP contribution in [0.2, 0.25) is 0 Å². The van der Waals surface area contributed by atoms with Gasteiger partial charge in [0.2, 0.25) is 10.0 Å². The first-order valence-corrected chi connectivity index (χ1v) is 10.9. The molecule has 1 saturated carbocycles. The normalized spacial score (nSPS) is 28.1. The summed E-state index contributed by atoms with van der Waals surface area (Å²) in [6.45, 7) is 0.475. The molecule has 0 amide bonds. The summed E-state index contributed by atoms with van der Waals surface area (Å²) in [5.41, 5.74) is -0.386. The second-order valence-electron chi connectivity index (χ2n) is 7.67. The fraction of sp³-hybridized carbons (Fsp3) is 0.429. The lowest BCUT2D eigenvalue weighted by Gasteiger charge is -2.41. The molecule has 1 heterocycles. The molecule has 2 aromatic rings. The van der Waals surface area contributed by atoms with E-state index in [9.17, 15) is 17.9 Å². The summed E-state index contributed by atoms with van der Waals surface area (Å²) in [4.78, 5) is -0.307. The molecule has 4 rings (SSSR count). The zero-order valence-electron chi connectivity index (χ0n) is 15.7. The smallest absolute Gasteiger partial charge is 0.246 e. The number of nitrogens with zero attached hydrogens (tertiary/aromatic N) is 1. The summed E-state index contributed by atoms with van der Waals surface area (Å²) in [6, 6.07) is 12.8. The quantitative estimate of drug-likeness (QED) is 0.849. The fourth-order valence-corrected chi connectivity index (χ4v) is 6.31. The molecule has 0 aromatic heterocycles. The highest BCUT2D eigenvalue weighted by Crippen LogP contribution is 2.49. The molecule has 7 heteroatoms. The van der Waals surface area contributed by atoms with Gasteiger partial charge in [0, 0.05) is 19.0 Å². The Hall–Kier alpha value is -1.96. The highest BCUT2D eigenvalue weighted by atomic mass is 32.2. The van der Waals surface area contributed by atoms with Gasteiger partial charge in [-0.1, -0.05) is 24.3 Å². The number of fused-ring (bicyclic) bond motifs is 1. The summed E-state index contributed by atoms with van der Waals surface area (Å²) < 4.78 is 46.8. The summed E-state index contributed by atoms with van der Waals surface area (Å²) >= 11 is 0. The summed E-state index contributed by atoms with van der Waals surface area (Å²) in [5.74, 6) is -0.302. The Bertz CT molecular complexity index is 980. The van der Waals surface area contributed by atoms with Crippen molar-refractivity contribution in [3.05, 3.63) is 59.9 Å². The first-order chi connectivity index (χ1) is 13.4. The molecule has 0 spiro atoms. The van der Waals surface area contributed by atoms with Crippen LogP contribution in [0.25, 0.3) is 0 Å². The van der Waals surface area contributed by atoms with E-state index in [1.165, 1.54) is 22.5 Å².